The fourth-order valence-electron chi connectivity index (χ4n) is 3.01. The van der Waals surface area contributed by atoms with Crippen molar-refractivity contribution in [2.75, 3.05) is 36.4 Å². The van der Waals surface area contributed by atoms with E-state index in [1.54, 1.807) is 34.4 Å². The average molecular weight is 397 g/mol. The van der Waals surface area contributed by atoms with E-state index in [-0.39, 0.29) is 11.8 Å². The number of aromatic nitrogens is 2. The van der Waals surface area contributed by atoms with E-state index in [9.17, 15) is 9.59 Å². The lowest BCUT2D eigenvalue weighted by molar-refractivity contribution is -0.115. The lowest BCUT2D eigenvalue weighted by atomic mass is 10.3. The molecule has 1 N–H and O–H groups in total. The van der Waals surface area contributed by atoms with E-state index in [1.807, 2.05) is 23.6 Å². The van der Waals surface area contributed by atoms with Crippen molar-refractivity contribution in [1.82, 2.24) is 15.1 Å². The summed E-state index contributed by atoms with van der Waals surface area (Å²) in [6.45, 7) is 2.48. The minimum Gasteiger partial charge on any atom is -0.459 e. The molecule has 3 aromatic heterocycles. The summed E-state index contributed by atoms with van der Waals surface area (Å²) in [6.07, 6.45) is 1.83. The van der Waals surface area contributed by atoms with E-state index in [4.69, 9.17) is 4.42 Å². The van der Waals surface area contributed by atoms with Crippen molar-refractivity contribution < 1.29 is 14.0 Å². The second kappa shape index (κ2) is 8.22. The van der Waals surface area contributed by atoms with Gasteiger partial charge in [-0.3, -0.25) is 9.59 Å². The summed E-state index contributed by atoms with van der Waals surface area (Å²) >= 11 is 1.55. The van der Waals surface area contributed by atoms with Gasteiger partial charge in [0.2, 0.25) is 5.91 Å². The number of anilines is 2. The minimum absolute atomic E-state index is 0.0977. The van der Waals surface area contributed by atoms with Gasteiger partial charge < -0.3 is 19.5 Å². The number of nitrogens with zero attached hydrogens (tertiary/aromatic N) is 4. The van der Waals surface area contributed by atoms with E-state index >= 15 is 0 Å². The summed E-state index contributed by atoms with van der Waals surface area (Å²) in [7, 11) is 0. The highest BCUT2D eigenvalue weighted by Gasteiger charge is 2.24. The van der Waals surface area contributed by atoms with Crippen molar-refractivity contribution >= 4 is 34.8 Å². The number of nitrogens with one attached hydrogen (secondary N) is 1. The topological polar surface area (TPSA) is 91.6 Å². The minimum atomic E-state index is -0.116. The third-order valence-electron chi connectivity index (χ3n) is 4.46. The molecule has 0 bridgehead atoms. The second-order valence-electron chi connectivity index (χ2n) is 6.34. The molecule has 0 unspecified atom stereocenters. The van der Waals surface area contributed by atoms with Crippen LogP contribution in [-0.2, 0) is 11.2 Å². The van der Waals surface area contributed by atoms with Crippen LogP contribution in [0.15, 0.2) is 52.5 Å². The van der Waals surface area contributed by atoms with Crippen molar-refractivity contribution in [1.29, 1.82) is 0 Å². The highest BCUT2D eigenvalue weighted by molar-refractivity contribution is 7.10. The monoisotopic (exact) mass is 397 g/mol. The summed E-state index contributed by atoms with van der Waals surface area (Å²) in [4.78, 5) is 29.2. The predicted octanol–water partition coefficient (Wildman–Crippen LogP) is 2.27. The van der Waals surface area contributed by atoms with Crippen LogP contribution in [-0.4, -0.2) is 53.1 Å². The standard InChI is InChI=1S/C19H19N5O3S/c25-18(13-14-3-2-12-28-14)20-16-5-6-17(22-21-16)23-7-9-24(10-8-23)19(26)15-4-1-11-27-15/h1-6,11-12H,7-10,13H2,(H,20,21,25). The molecule has 1 fully saturated rings. The molecule has 0 radical (unpaired) electrons. The van der Waals surface area contributed by atoms with Gasteiger partial charge >= 0.3 is 0 Å². The first-order valence-corrected chi connectivity index (χ1v) is 9.81. The average Bonchev–Trinajstić information content (AvgIpc) is 3.42. The Morgan fingerprint density at radius 3 is 2.57 bits per heavy atom. The van der Waals surface area contributed by atoms with E-state index in [2.05, 4.69) is 20.4 Å². The number of thiophene rings is 1. The SMILES string of the molecule is O=C(Cc1cccs1)Nc1ccc(N2CCN(C(=O)c3ccco3)CC2)nn1. The summed E-state index contributed by atoms with van der Waals surface area (Å²) in [5, 5.41) is 13.0. The highest BCUT2D eigenvalue weighted by Crippen LogP contribution is 2.16. The van der Waals surface area contributed by atoms with E-state index in [0.29, 0.717) is 44.2 Å². The van der Waals surface area contributed by atoms with E-state index < -0.39 is 0 Å². The summed E-state index contributed by atoms with van der Waals surface area (Å²) in [5.74, 6) is 1.29. The van der Waals surface area contributed by atoms with Gasteiger partial charge in [0.05, 0.1) is 12.7 Å². The molecule has 0 aromatic carbocycles. The van der Waals surface area contributed by atoms with Crippen molar-refractivity contribution in [2.45, 2.75) is 6.42 Å². The lowest BCUT2D eigenvalue weighted by Crippen LogP contribution is -2.49. The molecule has 3 aromatic rings. The third kappa shape index (κ3) is 4.20. The molecule has 144 valence electrons. The first-order chi connectivity index (χ1) is 13.7. The Balaban J connectivity index is 1.30. The molecule has 28 heavy (non-hydrogen) atoms. The Hall–Kier alpha value is -3.20. The number of carbonyl (C=O) groups excluding carboxylic acids is 2. The Morgan fingerprint density at radius 2 is 1.93 bits per heavy atom. The van der Waals surface area contributed by atoms with Crippen LogP contribution < -0.4 is 10.2 Å². The van der Waals surface area contributed by atoms with Crippen molar-refractivity contribution in [2.24, 2.45) is 0 Å². The summed E-state index contributed by atoms with van der Waals surface area (Å²) < 4.78 is 5.18. The number of carbonyl (C=O) groups is 2. The van der Waals surface area contributed by atoms with Crippen LogP contribution in [0, 0.1) is 0 Å². The van der Waals surface area contributed by atoms with Gasteiger partial charge in [-0.05, 0) is 35.7 Å². The zero-order valence-electron chi connectivity index (χ0n) is 15.1. The number of amides is 2. The van der Waals surface area contributed by atoms with Crippen LogP contribution in [0.3, 0.4) is 0 Å². The number of hydrogen-bond donors (Lipinski definition) is 1. The van der Waals surface area contributed by atoms with Crippen LogP contribution >= 0.6 is 11.3 Å². The van der Waals surface area contributed by atoms with Gasteiger partial charge in [0, 0.05) is 31.1 Å². The summed E-state index contributed by atoms with van der Waals surface area (Å²) in [6, 6.07) is 10.8. The molecule has 0 atom stereocenters. The Bertz CT molecular complexity index is 917. The Kier molecular flexibility index (Phi) is 5.34. The van der Waals surface area contributed by atoms with Crippen LogP contribution in [0.25, 0.3) is 0 Å². The molecule has 9 heteroatoms. The van der Waals surface area contributed by atoms with Crippen molar-refractivity contribution in [3.63, 3.8) is 0 Å². The smallest absolute Gasteiger partial charge is 0.289 e. The molecule has 1 aliphatic rings. The lowest BCUT2D eigenvalue weighted by Gasteiger charge is -2.34. The quantitative estimate of drug-likeness (QED) is 0.710. The van der Waals surface area contributed by atoms with Crippen molar-refractivity contribution in [3.8, 4) is 0 Å². The molecule has 1 saturated heterocycles. The zero-order valence-corrected chi connectivity index (χ0v) is 15.9. The molecule has 1 aliphatic heterocycles. The maximum absolute atomic E-state index is 12.3. The van der Waals surface area contributed by atoms with Gasteiger partial charge in [0.1, 0.15) is 0 Å². The van der Waals surface area contributed by atoms with Gasteiger partial charge in [0.25, 0.3) is 5.91 Å². The van der Waals surface area contributed by atoms with Gasteiger partial charge in [0.15, 0.2) is 17.4 Å². The molecule has 4 heterocycles. The van der Waals surface area contributed by atoms with Crippen LogP contribution in [0.1, 0.15) is 15.4 Å². The maximum atomic E-state index is 12.3. The Labute approximate surface area is 165 Å². The molecule has 0 saturated carbocycles. The third-order valence-corrected chi connectivity index (χ3v) is 5.33. The van der Waals surface area contributed by atoms with Crippen LogP contribution in [0.2, 0.25) is 0 Å². The molecular weight excluding hydrogens is 378 g/mol. The zero-order chi connectivity index (χ0) is 19.3. The van der Waals surface area contributed by atoms with Gasteiger partial charge in [-0.25, -0.2) is 0 Å². The molecule has 0 spiro atoms. The number of hydrogen-bond acceptors (Lipinski definition) is 7. The van der Waals surface area contributed by atoms with Gasteiger partial charge in [-0.15, -0.1) is 21.5 Å². The predicted molar refractivity (Wildman–Crippen MR) is 106 cm³/mol. The van der Waals surface area contributed by atoms with Crippen LogP contribution in [0.4, 0.5) is 11.6 Å². The summed E-state index contributed by atoms with van der Waals surface area (Å²) in [5.41, 5.74) is 0. The fourth-order valence-corrected chi connectivity index (χ4v) is 3.72. The van der Waals surface area contributed by atoms with E-state index in [1.165, 1.54) is 6.26 Å². The molecule has 0 aliphatic carbocycles. The van der Waals surface area contributed by atoms with Gasteiger partial charge in [-0.2, -0.15) is 0 Å². The Morgan fingerprint density at radius 1 is 1.07 bits per heavy atom. The second-order valence-corrected chi connectivity index (χ2v) is 7.37. The molecule has 4 rings (SSSR count). The first-order valence-electron chi connectivity index (χ1n) is 8.93. The van der Waals surface area contributed by atoms with E-state index in [0.717, 1.165) is 10.7 Å². The maximum Gasteiger partial charge on any atom is 0.289 e. The van der Waals surface area contributed by atoms with Gasteiger partial charge in [-0.1, -0.05) is 6.07 Å². The number of piperazine rings is 1. The normalized spacial score (nSPS) is 14.1. The molecule has 8 nitrogen and oxygen atoms in total. The van der Waals surface area contributed by atoms with Crippen molar-refractivity contribution in [3.05, 3.63) is 58.7 Å². The first kappa shape index (κ1) is 18.2. The molecular formula is C19H19N5O3S. The fraction of sp³-hybridized carbons (Fsp3) is 0.263. The number of furan rings is 1. The van der Waals surface area contributed by atoms with Crippen LogP contribution in [0.5, 0.6) is 0 Å². The highest BCUT2D eigenvalue weighted by atomic mass is 32.1. The number of rotatable bonds is 5. The molecule has 2 amide bonds. The largest absolute Gasteiger partial charge is 0.459 e.